The SMILES string of the molecule is Cc1cc(NC(=O)CSCC(=O)NC(C)c2ccc(Br)cc2)no1. The average molecular weight is 412 g/mol. The van der Waals surface area contributed by atoms with Gasteiger partial charge in [-0.25, -0.2) is 0 Å². The summed E-state index contributed by atoms with van der Waals surface area (Å²) in [5, 5.41) is 9.20. The lowest BCUT2D eigenvalue weighted by molar-refractivity contribution is -0.119. The monoisotopic (exact) mass is 411 g/mol. The predicted molar refractivity (Wildman–Crippen MR) is 97.9 cm³/mol. The molecular formula is C16H18BrN3O3S. The topological polar surface area (TPSA) is 84.2 Å². The first kappa shape index (κ1) is 18.5. The molecule has 2 aromatic rings. The Morgan fingerprint density at radius 1 is 1.25 bits per heavy atom. The number of carbonyl (C=O) groups excluding carboxylic acids is 2. The Labute approximate surface area is 152 Å². The van der Waals surface area contributed by atoms with Crippen molar-refractivity contribution in [3.8, 4) is 0 Å². The lowest BCUT2D eigenvalue weighted by Gasteiger charge is -2.14. The number of carbonyl (C=O) groups is 2. The predicted octanol–water partition coefficient (Wildman–Crippen LogP) is 3.29. The van der Waals surface area contributed by atoms with E-state index in [1.54, 1.807) is 13.0 Å². The number of benzene rings is 1. The summed E-state index contributed by atoms with van der Waals surface area (Å²) in [6.07, 6.45) is 0. The molecule has 1 unspecified atom stereocenters. The normalized spacial score (nSPS) is 11.8. The van der Waals surface area contributed by atoms with Gasteiger partial charge in [-0.15, -0.1) is 11.8 Å². The third-order valence-electron chi connectivity index (χ3n) is 3.11. The molecule has 1 aromatic carbocycles. The Hall–Kier alpha value is -1.80. The fourth-order valence-electron chi connectivity index (χ4n) is 1.96. The van der Waals surface area contributed by atoms with Gasteiger partial charge in [0.05, 0.1) is 17.5 Å². The molecule has 0 aliphatic carbocycles. The van der Waals surface area contributed by atoms with Crippen molar-refractivity contribution >= 4 is 45.3 Å². The van der Waals surface area contributed by atoms with Crippen molar-refractivity contribution in [3.05, 3.63) is 46.1 Å². The molecule has 0 bridgehead atoms. The molecule has 0 saturated carbocycles. The Morgan fingerprint density at radius 3 is 2.54 bits per heavy atom. The number of aryl methyl sites for hydroxylation is 1. The van der Waals surface area contributed by atoms with E-state index in [9.17, 15) is 9.59 Å². The van der Waals surface area contributed by atoms with Crippen LogP contribution in [0.15, 0.2) is 39.3 Å². The van der Waals surface area contributed by atoms with E-state index >= 15 is 0 Å². The Bertz CT molecular complexity index is 703. The number of thioether (sulfide) groups is 1. The summed E-state index contributed by atoms with van der Waals surface area (Å²) >= 11 is 4.62. The smallest absolute Gasteiger partial charge is 0.235 e. The molecule has 128 valence electrons. The number of halogens is 1. The fraction of sp³-hybridized carbons (Fsp3) is 0.312. The van der Waals surface area contributed by atoms with Crippen LogP contribution in [-0.4, -0.2) is 28.5 Å². The Balaban J connectivity index is 1.69. The van der Waals surface area contributed by atoms with E-state index in [0.29, 0.717) is 11.6 Å². The minimum absolute atomic E-state index is 0.0851. The number of anilines is 1. The number of amides is 2. The van der Waals surface area contributed by atoms with E-state index in [1.165, 1.54) is 11.8 Å². The van der Waals surface area contributed by atoms with Crippen LogP contribution in [0.3, 0.4) is 0 Å². The number of hydrogen-bond acceptors (Lipinski definition) is 5. The van der Waals surface area contributed by atoms with Gasteiger partial charge >= 0.3 is 0 Å². The van der Waals surface area contributed by atoms with Gasteiger partial charge in [0.2, 0.25) is 11.8 Å². The van der Waals surface area contributed by atoms with Crippen molar-refractivity contribution in [2.24, 2.45) is 0 Å². The fourth-order valence-corrected chi connectivity index (χ4v) is 2.85. The van der Waals surface area contributed by atoms with Crippen LogP contribution >= 0.6 is 27.7 Å². The maximum absolute atomic E-state index is 11.9. The summed E-state index contributed by atoms with van der Waals surface area (Å²) < 4.78 is 5.86. The second-order valence-corrected chi connectivity index (χ2v) is 7.11. The average Bonchev–Trinajstić information content (AvgIpc) is 2.92. The van der Waals surface area contributed by atoms with E-state index in [2.05, 4.69) is 31.7 Å². The van der Waals surface area contributed by atoms with E-state index in [-0.39, 0.29) is 29.4 Å². The molecule has 0 radical (unpaired) electrons. The zero-order chi connectivity index (χ0) is 17.5. The van der Waals surface area contributed by atoms with Crippen molar-refractivity contribution < 1.29 is 14.1 Å². The standard InChI is InChI=1S/C16H18BrN3O3S/c1-10-7-14(20-23-10)19-16(22)9-24-8-15(21)18-11(2)12-3-5-13(17)6-4-12/h3-7,11H,8-9H2,1-2H3,(H,18,21)(H,19,20,22). The van der Waals surface area contributed by atoms with Gasteiger partial charge in [-0.3, -0.25) is 9.59 Å². The van der Waals surface area contributed by atoms with Gasteiger partial charge in [0.15, 0.2) is 5.82 Å². The number of hydrogen-bond donors (Lipinski definition) is 2. The van der Waals surface area contributed by atoms with Gasteiger partial charge in [0.1, 0.15) is 5.76 Å². The second kappa shape index (κ2) is 8.89. The van der Waals surface area contributed by atoms with Crippen LogP contribution < -0.4 is 10.6 Å². The molecule has 24 heavy (non-hydrogen) atoms. The maximum atomic E-state index is 11.9. The molecular weight excluding hydrogens is 394 g/mol. The lowest BCUT2D eigenvalue weighted by Crippen LogP contribution is -2.28. The Kier molecular flexibility index (Phi) is 6.86. The van der Waals surface area contributed by atoms with Crippen molar-refractivity contribution in [2.45, 2.75) is 19.9 Å². The molecule has 1 heterocycles. The molecule has 8 heteroatoms. The van der Waals surface area contributed by atoms with E-state index in [4.69, 9.17) is 4.52 Å². The van der Waals surface area contributed by atoms with Crippen LogP contribution in [0.1, 0.15) is 24.3 Å². The summed E-state index contributed by atoms with van der Waals surface area (Å²) in [6.45, 7) is 3.67. The molecule has 1 atom stereocenters. The number of nitrogens with zero attached hydrogens (tertiary/aromatic N) is 1. The Morgan fingerprint density at radius 2 is 1.92 bits per heavy atom. The van der Waals surface area contributed by atoms with Gasteiger partial charge in [-0.2, -0.15) is 0 Å². The maximum Gasteiger partial charge on any atom is 0.235 e. The lowest BCUT2D eigenvalue weighted by atomic mass is 10.1. The molecule has 0 aliphatic rings. The highest BCUT2D eigenvalue weighted by molar-refractivity contribution is 9.10. The highest BCUT2D eigenvalue weighted by atomic mass is 79.9. The van der Waals surface area contributed by atoms with Crippen LogP contribution in [-0.2, 0) is 9.59 Å². The van der Waals surface area contributed by atoms with Crippen LogP contribution in [0.5, 0.6) is 0 Å². The molecule has 0 aliphatic heterocycles. The van der Waals surface area contributed by atoms with E-state index in [1.807, 2.05) is 31.2 Å². The first-order chi connectivity index (χ1) is 11.4. The molecule has 0 fully saturated rings. The summed E-state index contributed by atoms with van der Waals surface area (Å²) in [5.41, 5.74) is 1.02. The summed E-state index contributed by atoms with van der Waals surface area (Å²) in [7, 11) is 0. The van der Waals surface area contributed by atoms with Gasteiger partial charge in [0, 0.05) is 10.5 Å². The summed E-state index contributed by atoms with van der Waals surface area (Å²) in [6, 6.07) is 9.32. The third kappa shape index (κ3) is 6.01. The van der Waals surface area contributed by atoms with E-state index in [0.717, 1.165) is 10.0 Å². The van der Waals surface area contributed by atoms with Crippen molar-refractivity contribution in [1.82, 2.24) is 10.5 Å². The molecule has 6 nitrogen and oxygen atoms in total. The number of rotatable bonds is 7. The van der Waals surface area contributed by atoms with Crippen molar-refractivity contribution in [1.29, 1.82) is 0 Å². The zero-order valence-electron chi connectivity index (χ0n) is 13.3. The highest BCUT2D eigenvalue weighted by Crippen LogP contribution is 2.16. The third-order valence-corrected chi connectivity index (χ3v) is 4.57. The molecule has 2 rings (SSSR count). The zero-order valence-corrected chi connectivity index (χ0v) is 15.7. The van der Waals surface area contributed by atoms with Crippen molar-refractivity contribution in [2.75, 3.05) is 16.8 Å². The summed E-state index contributed by atoms with van der Waals surface area (Å²) in [4.78, 5) is 23.7. The molecule has 1 aromatic heterocycles. The molecule has 0 spiro atoms. The van der Waals surface area contributed by atoms with Crippen LogP contribution in [0, 0.1) is 6.92 Å². The first-order valence-corrected chi connectivity index (χ1v) is 9.24. The quantitative estimate of drug-likeness (QED) is 0.729. The second-order valence-electron chi connectivity index (χ2n) is 5.20. The largest absolute Gasteiger partial charge is 0.360 e. The van der Waals surface area contributed by atoms with E-state index < -0.39 is 0 Å². The van der Waals surface area contributed by atoms with Crippen LogP contribution in [0.4, 0.5) is 5.82 Å². The van der Waals surface area contributed by atoms with Gasteiger partial charge in [-0.1, -0.05) is 33.2 Å². The summed E-state index contributed by atoms with van der Waals surface area (Å²) in [5.74, 6) is 1.06. The minimum Gasteiger partial charge on any atom is -0.360 e. The highest BCUT2D eigenvalue weighted by Gasteiger charge is 2.11. The molecule has 2 N–H and O–H groups in total. The molecule has 2 amide bonds. The van der Waals surface area contributed by atoms with Gasteiger partial charge in [0.25, 0.3) is 0 Å². The van der Waals surface area contributed by atoms with Gasteiger partial charge < -0.3 is 15.2 Å². The molecule has 0 saturated heterocycles. The minimum atomic E-state index is -0.220. The number of nitrogens with one attached hydrogen (secondary N) is 2. The van der Waals surface area contributed by atoms with Crippen LogP contribution in [0.25, 0.3) is 0 Å². The van der Waals surface area contributed by atoms with Gasteiger partial charge in [-0.05, 0) is 31.5 Å². The number of aromatic nitrogens is 1. The first-order valence-electron chi connectivity index (χ1n) is 7.30. The van der Waals surface area contributed by atoms with Crippen LogP contribution in [0.2, 0.25) is 0 Å². The van der Waals surface area contributed by atoms with Crippen molar-refractivity contribution in [3.63, 3.8) is 0 Å².